The average molecular weight is 431 g/mol. The smallest absolute Gasteiger partial charge is 0.255 e. The van der Waals surface area contributed by atoms with Crippen LogP contribution in [0.3, 0.4) is 0 Å². The topological polar surface area (TPSA) is 67.9 Å². The lowest BCUT2D eigenvalue weighted by atomic mass is 10.1. The third-order valence-corrected chi connectivity index (χ3v) is 5.36. The molecule has 1 aliphatic rings. The van der Waals surface area contributed by atoms with Gasteiger partial charge in [0.1, 0.15) is 0 Å². The number of hydrogen-bond acceptors (Lipinski definition) is 4. The Balaban J connectivity index is 1.89. The number of carbonyl (C=O) groups excluding carboxylic acids is 2. The summed E-state index contributed by atoms with van der Waals surface area (Å²) < 4.78 is 11.0. The zero-order chi connectivity index (χ0) is 21.7. The fraction of sp³-hybridized carbons (Fsp3) is 0.391. The predicted molar refractivity (Wildman–Crippen MR) is 118 cm³/mol. The maximum atomic E-state index is 13.0. The van der Waals surface area contributed by atoms with Gasteiger partial charge in [-0.25, -0.2) is 0 Å². The van der Waals surface area contributed by atoms with Crippen molar-refractivity contribution in [2.45, 2.75) is 33.1 Å². The van der Waals surface area contributed by atoms with Gasteiger partial charge in [0.15, 0.2) is 11.5 Å². The first kappa shape index (κ1) is 22.0. The Kier molecular flexibility index (Phi) is 7.21. The van der Waals surface area contributed by atoms with E-state index >= 15 is 0 Å². The SMILES string of the molecule is CCCOc1c(Cl)cc(C(=O)Nc2c(C)cccc2C(=O)N2CCCC2)cc1OC. The number of nitrogens with zero attached hydrogens (tertiary/aromatic N) is 1. The average Bonchev–Trinajstić information content (AvgIpc) is 3.28. The number of anilines is 1. The summed E-state index contributed by atoms with van der Waals surface area (Å²) in [4.78, 5) is 27.8. The van der Waals surface area contributed by atoms with Crippen LogP contribution >= 0.6 is 11.6 Å². The summed E-state index contributed by atoms with van der Waals surface area (Å²) >= 11 is 6.35. The number of aryl methyl sites for hydroxylation is 1. The van der Waals surface area contributed by atoms with E-state index in [0.717, 1.165) is 37.9 Å². The highest BCUT2D eigenvalue weighted by molar-refractivity contribution is 6.32. The number of ether oxygens (including phenoxy) is 2. The summed E-state index contributed by atoms with van der Waals surface area (Å²) in [5, 5.41) is 3.20. The van der Waals surface area contributed by atoms with Gasteiger partial charge >= 0.3 is 0 Å². The predicted octanol–water partition coefficient (Wildman–Crippen LogP) is 4.93. The molecular weight excluding hydrogens is 404 g/mol. The van der Waals surface area contributed by atoms with Crippen LogP contribution in [0, 0.1) is 6.92 Å². The fourth-order valence-corrected chi connectivity index (χ4v) is 3.75. The van der Waals surface area contributed by atoms with Crippen molar-refractivity contribution >= 4 is 29.1 Å². The van der Waals surface area contributed by atoms with Gasteiger partial charge in [-0.05, 0) is 49.9 Å². The molecule has 0 saturated carbocycles. The number of benzene rings is 2. The second kappa shape index (κ2) is 9.85. The molecule has 1 fully saturated rings. The molecule has 0 radical (unpaired) electrons. The highest BCUT2D eigenvalue weighted by Crippen LogP contribution is 2.37. The van der Waals surface area contributed by atoms with Gasteiger partial charge in [0.25, 0.3) is 11.8 Å². The molecule has 3 rings (SSSR count). The van der Waals surface area contributed by atoms with E-state index in [9.17, 15) is 9.59 Å². The molecule has 1 saturated heterocycles. The van der Waals surface area contributed by atoms with Gasteiger partial charge in [-0.3, -0.25) is 9.59 Å². The number of carbonyl (C=O) groups is 2. The van der Waals surface area contributed by atoms with Crippen molar-refractivity contribution in [3.8, 4) is 11.5 Å². The summed E-state index contributed by atoms with van der Waals surface area (Å²) in [6.45, 7) is 5.84. The third kappa shape index (κ3) is 4.70. The molecule has 6 nitrogen and oxygen atoms in total. The second-order valence-corrected chi connectivity index (χ2v) is 7.70. The maximum absolute atomic E-state index is 13.0. The van der Waals surface area contributed by atoms with Crippen LogP contribution in [0.4, 0.5) is 5.69 Å². The van der Waals surface area contributed by atoms with E-state index in [2.05, 4.69) is 5.32 Å². The Morgan fingerprint density at radius 2 is 1.93 bits per heavy atom. The standard InChI is InChI=1S/C23H27ClN2O4/c1-4-12-30-21-18(24)13-16(14-19(21)29-3)22(27)25-20-15(2)8-7-9-17(20)23(28)26-10-5-6-11-26/h7-9,13-14H,4-6,10-12H2,1-3H3,(H,25,27). The Hall–Kier alpha value is -2.73. The summed E-state index contributed by atoms with van der Waals surface area (Å²) in [5.74, 6) is 0.366. The van der Waals surface area contributed by atoms with Crippen molar-refractivity contribution in [3.63, 3.8) is 0 Å². The van der Waals surface area contributed by atoms with Gasteiger partial charge < -0.3 is 19.7 Å². The molecule has 2 aromatic rings. The maximum Gasteiger partial charge on any atom is 0.255 e. The van der Waals surface area contributed by atoms with Gasteiger partial charge in [-0.1, -0.05) is 30.7 Å². The Labute approximate surface area is 182 Å². The van der Waals surface area contributed by atoms with E-state index in [1.807, 2.05) is 30.9 Å². The number of likely N-dealkylation sites (tertiary alicyclic amines) is 1. The van der Waals surface area contributed by atoms with Gasteiger partial charge in [0.2, 0.25) is 0 Å². The number of rotatable bonds is 7. The van der Waals surface area contributed by atoms with Crippen molar-refractivity contribution in [1.82, 2.24) is 4.90 Å². The fourth-order valence-electron chi connectivity index (χ4n) is 3.48. The van der Waals surface area contributed by atoms with Crippen LogP contribution in [0.5, 0.6) is 11.5 Å². The van der Waals surface area contributed by atoms with E-state index in [1.165, 1.54) is 7.11 Å². The molecule has 1 aliphatic heterocycles. The molecule has 0 spiro atoms. The van der Waals surface area contributed by atoms with Gasteiger partial charge in [0, 0.05) is 18.7 Å². The number of para-hydroxylation sites is 1. The quantitative estimate of drug-likeness (QED) is 0.675. The van der Waals surface area contributed by atoms with E-state index in [4.69, 9.17) is 21.1 Å². The first-order chi connectivity index (χ1) is 14.5. The van der Waals surface area contributed by atoms with E-state index in [0.29, 0.717) is 39.9 Å². The van der Waals surface area contributed by atoms with E-state index < -0.39 is 0 Å². The first-order valence-electron chi connectivity index (χ1n) is 10.2. The number of amides is 2. The normalized spacial score (nSPS) is 13.3. The molecule has 2 amide bonds. The van der Waals surface area contributed by atoms with Gasteiger partial charge in [-0.2, -0.15) is 0 Å². The first-order valence-corrected chi connectivity index (χ1v) is 10.5. The third-order valence-electron chi connectivity index (χ3n) is 5.08. The lowest BCUT2D eigenvalue weighted by Gasteiger charge is -2.19. The highest BCUT2D eigenvalue weighted by Gasteiger charge is 2.24. The van der Waals surface area contributed by atoms with Crippen LogP contribution in [0.15, 0.2) is 30.3 Å². The van der Waals surface area contributed by atoms with Crippen LogP contribution in [0.25, 0.3) is 0 Å². The Bertz CT molecular complexity index is 939. The van der Waals surface area contributed by atoms with Gasteiger partial charge in [-0.15, -0.1) is 0 Å². The van der Waals surface area contributed by atoms with Crippen molar-refractivity contribution in [3.05, 3.63) is 52.0 Å². The summed E-state index contributed by atoms with van der Waals surface area (Å²) in [6, 6.07) is 8.58. The van der Waals surface area contributed by atoms with Gasteiger partial charge in [0.05, 0.1) is 30.0 Å². The summed E-state index contributed by atoms with van der Waals surface area (Å²) in [7, 11) is 1.50. The molecule has 1 heterocycles. The molecule has 2 aromatic carbocycles. The Morgan fingerprint density at radius 1 is 1.20 bits per heavy atom. The van der Waals surface area contributed by atoms with Crippen LogP contribution in [0.2, 0.25) is 5.02 Å². The lowest BCUT2D eigenvalue weighted by molar-refractivity contribution is 0.0793. The molecule has 7 heteroatoms. The second-order valence-electron chi connectivity index (χ2n) is 7.29. The molecule has 0 aromatic heterocycles. The van der Waals surface area contributed by atoms with E-state index in [-0.39, 0.29) is 11.8 Å². The Morgan fingerprint density at radius 3 is 2.60 bits per heavy atom. The van der Waals surface area contributed by atoms with Crippen molar-refractivity contribution in [2.24, 2.45) is 0 Å². The zero-order valence-electron chi connectivity index (χ0n) is 17.6. The summed E-state index contributed by atoms with van der Waals surface area (Å²) in [5.41, 5.74) is 2.14. The molecule has 1 N–H and O–H groups in total. The minimum atomic E-state index is -0.373. The van der Waals surface area contributed by atoms with Crippen LogP contribution in [-0.4, -0.2) is 43.5 Å². The van der Waals surface area contributed by atoms with Crippen LogP contribution in [-0.2, 0) is 0 Å². The summed E-state index contributed by atoms with van der Waals surface area (Å²) in [6.07, 6.45) is 2.83. The minimum absolute atomic E-state index is 0.0644. The van der Waals surface area contributed by atoms with Crippen LogP contribution in [0.1, 0.15) is 52.5 Å². The van der Waals surface area contributed by atoms with Crippen molar-refractivity contribution in [1.29, 1.82) is 0 Å². The molecule has 0 atom stereocenters. The largest absolute Gasteiger partial charge is 0.493 e. The molecule has 160 valence electrons. The van der Waals surface area contributed by atoms with Crippen molar-refractivity contribution < 1.29 is 19.1 Å². The lowest BCUT2D eigenvalue weighted by Crippen LogP contribution is -2.29. The molecule has 30 heavy (non-hydrogen) atoms. The molecule has 0 aliphatic carbocycles. The highest BCUT2D eigenvalue weighted by atomic mass is 35.5. The monoisotopic (exact) mass is 430 g/mol. The number of halogens is 1. The number of methoxy groups -OCH3 is 1. The van der Waals surface area contributed by atoms with Crippen molar-refractivity contribution in [2.75, 3.05) is 32.1 Å². The van der Waals surface area contributed by atoms with Crippen LogP contribution < -0.4 is 14.8 Å². The number of nitrogens with one attached hydrogen (secondary N) is 1. The molecule has 0 unspecified atom stereocenters. The molecule has 0 bridgehead atoms. The van der Waals surface area contributed by atoms with E-state index in [1.54, 1.807) is 18.2 Å². The number of hydrogen-bond donors (Lipinski definition) is 1. The minimum Gasteiger partial charge on any atom is -0.493 e. The molecular formula is C23H27ClN2O4. The zero-order valence-corrected chi connectivity index (χ0v) is 18.3.